The number of carbonyl (C=O) groups excluding carboxylic acids is 1. The van der Waals surface area contributed by atoms with Crippen molar-refractivity contribution in [3.8, 4) is 0 Å². The fourth-order valence-electron chi connectivity index (χ4n) is 2.88. The van der Waals surface area contributed by atoms with E-state index >= 15 is 0 Å². The van der Waals surface area contributed by atoms with Crippen LogP contribution in [0, 0.1) is 5.82 Å². The molecule has 1 aromatic carbocycles. The summed E-state index contributed by atoms with van der Waals surface area (Å²) in [6.07, 6.45) is 1.47. The smallest absolute Gasteiger partial charge is 0.338 e. The Hall–Kier alpha value is -1.66. The lowest BCUT2D eigenvalue weighted by Crippen LogP contribution is -2.45. The van der Waals surface area contributed by atoms with E-state index in [4.69, 9.17) is 9.47 Å². The summed E-state index contributed by atoms with van der Waals surface area (Å²) in [7, 11) is 1.28. The van der Waals surface area contributed by atoms with E-state index in [0.29, 0.717) is 32.0 Å². The van der Waals surface area contributed by atoms with Crippen LogP contribution in [0.2, 0.25) is 0 Å². The van der Waals surface area contributed by atoms with Gasteiger partial charge in [-0.3, -0.25) is 0 Å². The molecule has 2 aliphatic heterocycles. The topological polar surface area (TPSA) is 48.0 Å². The first-order valence-corrected chi connectivity index (χ1v) is 7.04. The second-order valence-corrected chi connectivity index (χ2v) is 5.28. The van der Waals surface area contributed by atoms with Crippen LogP contribution in [0.4, 0.5) is 10.1 Å². The highest BCUT2D eigenvalue weighted by Crippen LogP contribution is 2.33. The molecule has 0 amide bonds. The van der Waals surface area contributed by atoms with Crippen LogP contribution in [-0.4, -0.2) is 45.2 Å². The van der Waals surface area contributed by atoms with E-state index in [0.717, 1.165) is 12.8 Å². The number of hydrogen-bond acceptors (Lipinski definition) is 5. The maximum Gasteiger partial charge on any atom is 0.338 e. The molecule has 6 heteroatoms. The Kier molecular flexibility index (Phi) is 3.82. The number of anilines is 1. The maximum atomic E-state index is 13.7. The summed E-state index contributed by atoms with van der Waals surface area (Å²) in [6, 6.07) is 4.27. The van der Waals surface area contributed by atoms with Crippen LogP contribution in [0.25, 0.3) is 0 Å². The zero-order valence-electron chi connectivity index (χ0n) is 11.9. The Morgan fingerprint density at radius 3 is 2.52 bits per heavy atom. The van der Waals surface area contributed by atoms with Crippen molar-refractivity contribution in [2.24, 2.45) is 0 Å². The van der Waals surface area contributed by atoms with E-state index in [-0.39, 0.29) is 5.56 Å². The fraction of sp³-hybridized carbons (Fsp3) is 0.533. The molecule has 0 unspecified atom stereocenters. The number of rotatable bonds is 2. The summed E-state index contributed by atoms with van der Waals surface area (Å²) in [6.45, 7) is 2.66. The van der Waals surface area contributed by atoms with Gasteiger partial charge in [0.15, 0.2) is 5.79 Å². The molecule has 0 bridgehead atoms. The molecule has 2 fully saturated rings. The Morgan fingerprint density at radius 1 is 1.24 bits per heavy atom. The first-order valence-electron chi connectivity index (χ1n) is 7.04. The van der Waals surface area contributed by atoms with Crippen molar-refractivity contribution in [2.75, 3.05) is 38.3 Å². The van der Waals surface area contributed by atoms with Crippen molar-refractivity contribution in [1.82, 2.24) is 0 Å². The number of methoxy groups -OCH3 is 1. The summed E-state index contributed by atoms with van der Waals surface area (Å²) < 4.78 is 29.7. The lowest BCUT2D eigenvalue weighted by atomic mass is 10.0. The predicted molar refractivity (Wildman–Crippen MR) is 73.8 cm³/mol. The quantitative estimate of drug-likeness (QED) is 0.781. The van der Waals surface area contributed by atoms with Crippen LogP contribution in [0.3, 0.4) is 0 Å². The molecule has 0 saturated carbocycles. The fourth-order valence-corrected chi connectivity index (χ4v) is 2.88. The van der Waals surface area contributed by atoms with Gasteiger partial charge in [-0.25, -0.2) is 9.18 Å². The van der Waals surface area contributed by atoms with Crippen LogP contribution in [-0.2, 0) is 14.2 Å². The van der Waals surface area contributed by atoms with Crippen LogP contribution < -0.4 is 4.90 Å². The molecule has 0 radical (unpaired) electrons. The summed E-state index contributed by atoms with van der Waals surface area (Å²) >= 11 is 0. The highest BCUT2D eigenvalue weighted by molar-refractivity contribution is 5.90. The molecule has 3 rings (SSSR count). The van der Waals surface area contributed by atoms with Crippen molar-refractivity contribution in [2.45, 2.75) is 18.6 Å². The Labute approximate surface area is 122 Å². The zero-order valence-corrected chi connectivity index (χ0v) is 11.9. The molecular formula is C15H18FNO4. The van der Waals surface area contributed by atoms with E-state index in [1.54, 1.807) is 6.07 Å². The van der Waals surface area contributed by atoms with Crippen LogP contribution >= 0.6 is 0 Å². The van der Waals surface area contributed by atoms with Crippen molar-refractivity contribution in [3.63, 3.8) is 0 Å². The average molecular weight is 295 g/mol. The van der Waals surface area contributed by atoms with Gasteiger partial charge in [-0.2, -0.15) is 0 Å². The molecule has 5 nitrogen and oxygen atoms in total. The molecule has 21 heavy (non-hydrogen) atoms. The molecule has 0 N–H and O–H groups in total. The van der Waals surface area contributed by atoms with E-state index in [1.807, 2.05) is 4.90 Å². The number of hydrogen-bond donors (Lipinski definition) is 0. The van der Waals surface area contributed by atoms with Crippen molar-refractivity contribution in [1.29, 1.82) is 0 Å². The second-order valence-electron chi connectivity index (χ2n) is 5.28. The zero-order chi connectivity index (χ0) is 14.9. The first-order chi connectivity index (χ1) is 10.1. The monoisotopic (exact) mass is 295 g/mol. The van der Waals surface area contributed by atoms with Gasteiger partial charge < -0.3 is 19.1 Å². The van der Waals surface area contributed by atoms with Gasteiger partial charge in [0, 0.05) is 31.6 Å². The highest BCUT2D eigenvalue weighted by Gasteiger charge is 2.39. The average Bonchev–Trinajstić information content (AvgIpc) is 2.94. The Balaban J connectivity index is 1.75. The minimum atomic E-state index is -0.535. The van der Waals surface area contributed by atoms with E-state index < -0.39 is 17.6 Å². The molecule has 2 aliphatic rings. The van der Waals surface area contributed by atoms with E-state index in [1.165, 1.54) is 19.2 Å². The van der Waals surface area contributed by atoms with Crippen molar-refractivity contribution in [3.05, 3.63) is 29.6 Å². The normalized spacial score (nSPS) is 20.8. The number of halogens is 1. The van der Waals surface area contributed by atoms with Crippen LogP contribution in [0.15, 0.2) is 18.2 Å². The SMILES string of the molecule is COC(=O)c1cc(F)cc(N2CCC3(CC2)OCCO3)c1. The number of nitrogens with zero attached hydrogens (tertiary/aromatic N) is 1. The number of benzene rings is 1. The third-order valence-corrected chi connectivity index (χ3v) is 4.01. The molecule has 1 aromatic rings. The molecular weight excluding hydrogens is 277 g/mol. The van der Waals surface area contributed by atoms with Gasteiger partial charge in [-0.05, 0) is 18.2 Å². The minimum absolute atomic E-state index is 0.223. The number of carbonyl (C=O) groups is 1. The first kappa shape index (κ1) is 14.3. The number of piperidine rings is 1. The largest absolute Gasteiger partial charge is 0.465 e. The standard InChI is InChI=1S/C15H18FNO4/c1-19-14(18)11-8-12(16)10-13(9-11)17-4-2-15(3-5-17)20-6-7-21-15/h8-10H,2-7H2,1H3. The lowest BCUT2D eigenvalue weighted by Gasteiger charge is -2.38. The van der Waals surface area contributed by atoms with Gasteiger partial charge in [-0.15, -0.1) is 0 Å². The molecule has 2 saturated heterocycles. The maximum absolute atomic E-state index is 13.7. The van der Waals surface area contributed by atoms with E-state index in [2.05, 4.69) is 4.74 Å². The molecule has 0 aliphatic carbocycles. The molecule has 1 spiro atoms. The number of esters is 1. The summed E-state index contributed by atoms with van der Waals surface area (Å²) in [5.41, 5.74) is 0.907. The molecule has 114 valence electrons. The summed E-state index contributed by atoms with van der Waals surface area (Å²) in [5.74, 6) is -1.44. The number of ether oxygens (including phenoxy) is 3. The summed E-state index contributed by atoms with van der Waals surface area (Å²) in [5, 5.41) is 0. The van der Waals surface area contributed by atoms with Gasteiger partial charge in [-0.1, -0.05) is 0 Å². The minimum Gasteiger partial charge on any atom is -0.465 e. The van der Waals surface area contributed by atoms with Gasteiger partial charge >= 0.3 is 5.97 Å². The third kappa shape index (κ3) is 2.87. The molecule has 2 heterocycles. The predicted octanol–water partition coefficient (Wildman–Crippen LogP) is 1.96. The third-order valence-electron chi connectivity index (χ3n) is 4.01. The molecule has 0 aromatic heterocycles. The second kappa shape index (κ2) is 5.61. The van der Waals surface area contributed by atoms with Crippen LogP contribution in [0.5, 0.6) is 0 Å². The lowest BCUT2D eigenvalue weighted by molar-refractivity contribution is -0.169. The molecule has 0 atom stereocenters. The Morgan fingerprint density at radius 2 is 1.90 bits per heavy atom. The Bertz CT molecular complexity index is 532. The highest BCUT2D eigenvalue weighted by atomic mass is 19.1. The van der Waals surface area contributed by atoms with Crippen molar-refractivity contribution >= 4 is 11.7 Å². The van der Waals surface area contributed by atoms with Gasteiger partial charge in [0.1, 0.15) is 5.82 Å². The van der Waals surface area contributed by atoms with Gasteiger partial charge in [0.05, 0.1) is 25.9 Å². The van der Waals surface area contributed by atoms with Crippen LogP contribution in [0.1, 0.15) is 23.2 Å². The van der Waals surface area contributed by atoms with E-state index in [9.17, 15) is 9.18 Å². The van der Waals surface area contributed by atoms with Gasteiger partial charge in [0.2, 0.25) is 0 Å². The van der Waals surface area contributed by atoms with Crippen molar-refractivity contribution < 1.29 is 23.4 Å². The van der Waals surface area contributed by atoms with Gasteiger partial charge in [0.25, 0.3) is 0 Å². The summed E-state index contributed by atoms with van der Waals surface area (Å²) in [4.78, 5) is 13.6.